The molecule has 1 rings (SSSR count). The van der Waals surface area contributed by atoms with Gasteiger partial charge in [-0.25, -0.2) is 0 Å². The van der Waals surface area contributed by atoms with Crippen LogP contribution in [0.25, 0.3) is 0 Å². The number of esters is 1. The number of carbonyl (C=O) groups excluding carboxylic acids is 1. The van der Waals surface area contributed by atoms with E-state index in [9.17, 15) is 4.79 Å². The van der Waals surface area contributed by atoms with Crippen LogP contribution in [0, 0.1) is 0 Å². The third-order valence-corrected chi connectivity index (χ3v) is 4.22. The fraction of sp³-hybridized carbons (Fsp3) is 0.938. The van der Waals surface area contributed by atoms with E-state index in [0.29, 0.717) is 6.61 Å². The lowest BCUT2D eigenvalue weighted by Gasteiger charge is -2.36. The Morgan fingerprint density at radius 1 is 1.45 bits per heavy atom. The predicted molar refractivity (Wildman–Crippen MR) is 82.8 cm³/mol. The van der Waals surface area contributed by atoms with Crippen molar-refractivity contribution in [1.29, 1.82) is 0 Å². The van der Waals surface area contributed by atoms with Gasteiger partial charge >= 0.3 is 5.97 Å². The molecule has 0 aromatic carbocycles. The molecule has 1 fully saturated rings. The first kappa shape index (κ1) is 17.4. The number of carbonyl (C=O) groups is 1. The minimum Gasteiger partial charge on any atom is -0.465 e. The zero-order valence-electron chi connectivity index (χ0n) is 13.9. The van der Waals surface area contributed by atoms with Crippen LogP contribution in [0.4, 0.5) is 0 Å². The second kappa shape index (κ2) is 7.99. The van der Waals surface area contributed by atoms with E-state index in [4.69, 9.17) is 4.74 Å². The van der Waals surface area contributed by atoms with Crippen molar-refractivity contribution in [2.45, 2.75) is 77.4 Å². The molecule has 0 aromatic heterocycles. The zero-order chi connectivity index (χ0) is 15.2. The molecule has 0 saturated heterocycles. The third-order valence-electron chi connectivity index (χ3n) is 4.22. The molecular formula is C16H32N2O2. The smallest absolute Gasteiger partial charge is 0.326 e. The standard InChI is InChI=1S/C16H32N2O2/c1-6-20-15(19)16(4,17-13(2)3)11-8-12-18(5)14-9-7-10-14/h13-14,17H,6-12H2,1-5H3. The largest absolute Gasteiger partial charge is 0.465 e. The first-order chi connectivity index (χ1) is 9.39. The molecular weight excluding hydrogens is 252 g/mol. The summed E-state index contributed by atoms with van der Waals surface area (Å²) >= 11 is 0. The normalized spacial score (nSPS) is 18.9. The van der Waals surface area contributed by atoms with E-state index in [0.717, 1.165) is 25.4 Å². The fourth-order valence-corrected chi connectivity index (χ4v) is 2.85. The van der Waals surface area contributed by atoms with Gasteiger partial charge in [0.15, 0.2) is 0 Å². The highest BCUT2D eigenvalue weighted by Gasteiger charge is 2.34. The van der Waals surface area contributed by atoms with Gasteiger partial charge in [0.25, 0.3) is 0 Å². The van der Waals surface area contributed by atoms with Crippen LogP contribution in [-0.2, 0) is 9.53 Å². The molecule has 1 atom stereocenters. The molecule has 20 heavy (non-hydrogen) atoms. The average molecular weight is 284 g/mol. The van der Waals surface area contributed by atoms with Crippen molar-refractivity contribution in [2.75, 3.05) is 20.2 Å². The van der Waals surface area contributed by atoms with E-state index in [-0.39, 0.29) is 12.0 Å². The average Bonchev–Trinajstić information content (AvgIpc) is 2.25. The van der Waals surface area contributed by atoms with Crippen molar-refractivity contribution >= 4 is 5.97 Å². The summed E-state index contributed by atoms with van der Waals surface area (Å²) in [6, 6.07) is 1.04. The molecule has 0 heterocycles. The lowest BCUT2D eigenvalue weighted by Crippen LogP contribution is -2.53. The molecule has 0 radical (unpaired) electrons. The van der Waals surface area contributed by atoms with Crippen LogP contribution in [0.1, 0.15) is 59.8 Å². The Balaban J connectivity index is 2.44. The summed E-state index contributed by atoms with van der Waals surface area (Å²) < 4.78 is 5.23. The number of nitrogens with zero attached hydrogens (tertiary/aromatic N) is 1. The molecule has 1 unspecified atom stereocenters. The topological polar surface area (TPSA) is 41.6 Å². The van der Waals surface area contributed by atoms with Gasteiger partial charge in [0.05, 0.1) is 6.61 Å². The van der Waals surface area contributed by atoms with Crippen LogP contribution < -0.4 is 5.32 Å². The van der Waals surface area contributed by atoms with Crippen molar-refractivity contribution in [3.63, 3.8) is 0 Å². The van der Waals surface area contributed by atoms with Crippen LogP contribution >= 0.6 is 0 Å². The summed E-state index contributed by atoms with van der Waals surface area (Å²) in [5.74, 6) is -0.125. The molecule has 0 bridgehead atoms. The van der Waals surface area contributed by atoms with Gasteiger partial charge < -0.3 is 9.64 Å². The Hall–Kier alpha value is -0.610. The number of rotatable bonds is 9. The second-order valence-electron chi connectivity index (χ2n) is 6.52. The van der Waals surface area contributed by atoms with Crippen LogP contribution in [-0.4, -0.2) is 48.7 Å². The van der Waals surface area contributed by atoms with Crippen molar-refractivity contribution < 1.29 is 9.53 Å². The Morgan fingerprint density at radius 3 is 2.55 bits per heavy atom. The van der Waals surface area contributed by atoms with Crippen LogP contribution in [0.15, 0.2) is 0 Å². The Bertz CT molecular complexity index is 303. The quantitative estimate of drug-likeness (QED) is 0.661. The molecule has 4 nitrogen and oxygen atoms in total. The van der Waals surface area contributed by atoms with Gasteiger partial charge in [-0.3, -0.25) is 10.1 Å². The Morgan fingerprint density at radius 2 is 2.10 bits per heavy atom. The summed E-state index contributed by atoms with van der Waals surface area (Å²) in [5, 5.41) is 3.38. The van der Waals surface area contributed by atoms with Gasteiger partial charge in [-0.2, -0.15) is 0 Å². The molecule has 0 amide bonds. The monoisotopic (exact) mass is 284 g/mol. The molecule has 0 aromatic rings. The number of nitrogens with one attached hydrogen (secondary N) is 1. The van der Waals surface area contributed by atoms with Gasteiger partial charge in [0.2, 0.25) is 0 Å². The van der Waals surface area contributed by atoms with E-state index >= 15 is 0 Å². The highest BCUT2D eigenvalue weighted by molar-refractivity contribution is 5.80. The van der Waals surface area contributed by atoms with E-state index < -0.39 is 5.54 Å². The van der Waals surface area contributed by atoms with Crippen LogP contribution in [0.2, 0.25) is 0 Å². The van der Waals surface area contributed by atoms with Gasteiger partial charge in [0, 0.05) is 12.1 Å². The maximum absolute atomic E-state index is 12.2. The molecule has 1 aliphatic rings. The number of ether oxygens (including phenoxy) is 1. The summed E-state index contributed by atoms with van der Waals surface area (Å²) in [5.41, 5.74) is -0.565. The number of hydrogen-bond acceptors (Lipinski definition) is 4. The minimum atomic E-state index is -0.565. The van der Waals surface area contributed by atoms with E-state index in [1.54, 1.807) is 0 Å². The van der Waals surface area contributed by atoms with Crippen molar-refractivity contribution in [1.82, 2.24) is 10.2 Å². The van der Waals surface area contributed by atoms with Crippen molar-refractivity contribution in [3.8, 4) is 0 Å². The van der Waals surface area contributed by atoms with Gasteiger partial charge in [-0.1, -0.05) is 6.42 Å². The highest BCUT2D eigenvalue weighted by Crippen LogP contribution is 2.24. The lowest BCUT2D eigenvalue weighted by atomic mass is 9.90. The molecule has 4 heteroatoms. The third kappa shape index (κ3) is 5.06. The SMILES string of the molecule is CCOC(=O)C(C)(CCCN(C)C1CCC1)NC(C)C. The zero-order valence-corrected chi connectivity index (χ0v) is 13.9. The van der Waals surface area contributed by atoms with Gasteiger partial charge in [-0.15, -0.1) is 0 Å². The molecule has 1 saturated carbocycles. The van der Waals surface area contributed by atoms with Gasteiger partial charge in [-0.05, 0) is 67.0 Å². The summed E-state index contributed by atoms with van der Waals surface area (Å²) in [7, 11) is 2.20. The number of hydrogen-bond donors (Lipinski definition) is 1. The van der Waals surface area contributed by atoms with E-state index in [2.05, 4.69) is 31.1 Å². The first-order valence-corrected chi connectivity index (χ1v) is 8.04. The summed E-state index contributed by atoms with van der Waals surface area (Å²) in [6.45, 7) is 9.46. The lowest BCUT2D eigenvalue weighted by molar-refractivity contribution is -0.151. The Labute approximate surface area is 124 Å². The predicted octanol–water partition coefficient (Wildman–Crippen LogP) is 2.57. The van der Waals surface area contributed by atoms with Crippen molar-refractivity contribution in [2.24, 2.45) is 0 Å². The summed E-state index contributed by atoms with van der Waals surface area (Å²) in [6.07, 6.45) is 5.86. The molecule has 1 aliphatic carbocycles. The molecule has 0 spiro atoms. The van der Waals surface area contributed by atoms with Crippen LogP contribution in [0.3, 0.4) is 0 Å². The van der Waals surface area contributed by atoms with Crippen molar-refractivity contribution in [3.05, 3.63) is 0 Å². The van der Waals surface area contributed by atoms with Crippen LogP contribution in [0.5, 0.6) is 0 Å². The molecule has 1 N–H and O–H groups in total. The van der Waals surface area contributed by atoms with Gasteiger partial charge in [0.1, 0.15) is 5.54 Å². The maximum atomic E-state index is 12.2. The Kier molecular flexibility index (Phi) is 6.96. The second-order valence-corrected chi connectivity index (χ2v) is 6.52. The molecule has 0 aliphatic heterocycles. The first-order valence-electron chi connectivity index (χ1n) is 8.04. The molecule has 118 valence electrons. The van der Waals surface area contributed by atoms with E-state index in [1.807, 2.05) is 13.8 Å². The highest BCUT2D eigenvalue weighted by atomic mass is 16.5. The minimum absolute atomic E-state index is 0.125. The maximum Gasteiger partial charge on any atom is 0.326 e. The summed E-state index contributed by atoms with van der Waals surface area (Å²) in [4.78, 5) is 14.6. The fourth-order valence-electron chi connectivity index (χ4n) is 2.85. The van der Waals surface area contributed by atoms with E-state index in [1.165, 1.54) is 19.3 Å².